The van der Waals surface area contributed by atoms with Crippen molar-refractivity contribution >= 4 is 0 Å². The summed E-state index contributed by atoms with van der Waals surface area (Å²) in [7, 11) is 1.44. The van der Waals surface area contributed by atoms with Gasteiger partial charge in [0.2, 0.25) is 0 Å². The highest BCUT2D eigenvalue weighted by atomic mass is 15.1. The van der Waals surface area contributed by atoms with Crippen molar-refractivity contribution in [1.29, 1.82) is 0 Å². The first-order valence-electron chi connectivity index (χ1n) is 6.36. The highest BCUT2D eigenvalue weighted by molar-refractivity contribution is 5.14. The molecule has 1 atom stereocenters. The Morgan fingerprint density at radius 2 is 2.75 bits per heavy atom. The van der Waals surface area contributed by atoms with Crippen LogP contribution in [0.1, 0.15) is 31.2 Å². The molecule has 0 bridgehead atoms. The van der Waals surface area contributed by atoms with Gasteiger partial charge in [0.25, 0.3) is 0 Å². The molecule has 0 N–H and O–H groups in total. The molecule has 0 aliphatic carbocycles. The zero-order chi connectivity index (χ0) is 12.9. The quantitative estimate of drug-likeness (QED) is 0.634. The molecule has 0 amide bonds. The maximum absolute atomic E-state index is 8.34. The lowest BCUT2D eigenvalue weighted by Crippen LogP contribution is -2.17. The summed E-state index contributed by atoms with van der Waals surface area (Å²) in [6.07, 6.45) is 0.792. The predicted molar refractivity (Wildman–Crippen MR) is 48.8 cm³/mol. The minimum absolute atomic E-state index is 0.213. The molecule has 0 aromatic carbocycles. The second-order valence-electron chi connectivity index (χ2n) is 2.71. The minimum atomic E-state index is -2.16. The van der Waals surface area contributed by atoms with Gasteiger partial charge in [-0.3, -0.25) is 9.88 Å². The molecule has 2 heterocycles. The van der Waals surface area contributed by atoms with Crippen LogP contribution in [0.5, 0.6) is 0 Å². The smallest absolute Gasteiger partial charge is 0.0519 e. The molecular formula is C10H14N2. The summed E-state index contributed by atoms with van der Waals surface area (Å²) in [6.45, 7) is -2.16. The van der Waals surface area contributed by atoms with E-state index >= 15 is 0 Å². The number of aromatic nitrogens is 1. The second kappa shape index (κ2) is 3.23. The molecule has 0 radical (unpaired) electrons. The van der Waals surface area contributed by atoms with Crippen molar-refractivity contribution in [3.05, 3.63) is 30.1 Å². The first-order chi connectivity index (χ1) is 7.72. The molecule has 1 aliphatic rings. The van der Waals surface area contributed by atoms with Gasteiger partial charge in [-0.2, -0.15) is 0 Å². The Kier molecular flexibility index (Phi) is 1.05. The molecule has 1 saturated heterocycles. The number of rotatable bonds is 1. The van der Waals surface area contributed by atoms with Crippen LogP contribution in [0, 0.1) is 0 Å². The van der Waals surface area contributed by atoms with Crippen molar-refractivity contribution in [3.8, 4) is 0 Å². The fraction of sp³-hybridized carbons (Fsp3) is 0.500. The van der Waals surface area contributed by atoms with E-state index in [4.69, 9.17) is 6.85 Å². The molecule has 1 fully saturated rings. The van der Waals surface area contributed by atoms with Crippen LogP contribution in [-0.2, 0) is 0 Å². The molecule has 1 aliphatic heterocycles. The van der Waals surface area contributed by atoms with E-state index < -0.39 is 18.9 Å². The summed E-state index contributed by atoms with van der Waals surface area (Å²) >= 11 is 0. The van der Waals surface area contributed by atoms with E-state index in [9.17, 15) is 0 Å². The van der Waals surface area contributed by atoms with E-state index in [2.05, 4.69) is 4.98 Å². The molecule has 0 saturated carbocycles. The van der Waals surface area contributed by atoms with Crippen molar-refractivity contribution in [1.82, 2.24) is 9.88 Å². The van der Waals surface area contributed by atoms with Gasteiger partial charge in [0.15, 0.2) is 0 Å². The van der Waals surface area contributed by atoms with Crippen LogP contribution in [0.4, 0.5) is 0 Å². The van der Waals surface area contributed by atoms with E-state index in [0.717, 1.165) is 4.90 Å². The zero-order valence-corrected chi connectivity index (χ0v) is 6.91. The first kappa shape index (κ1) is 3.88. The van der Waals surface area contributed by atoms with Crippen molar-refractivity contribution in [2.45, 2.75) is 18.8 Å². The van der Waals surface area contributed by atoms with Crippen LogP contribution in [0.25, 0.3) is 0 Å². The maximum Gasteiger partial charge on any atom is 0.0519 e. The summed E-state index contributed by atoms with van der Waals surface area (Å²) in [6, 6.07) is 1.93. The molecule has 12 heavy (non-hydrogen) atoms. The standard InChI is InChI=1S/C10H14N2/c1-12-7-3-5-10(12)9-4-2-6-11-8-9/h2,4,6,8,10H,3,5,7H2,1H3/t10-/m0/s1/i3D2,7D2,10D. The van der Waals surface area contributed by atoms with Crippen LogP contribution in [0.2, 0.25) is 0 Å². The highest BCUT2D eigenvalue weighted by Crippen LogP contribution is 2.29. The van der Waals surface area contributed by atoms with Gasteiger partial charge < -0.3 is 0 Å². The summed E-state index contributed by atoms with van der Waals surface area (Å²) in [4.78, 5) is 5.05. The molecular weight excluding hydrogens is 148 g/mol. The Balaban J connectivity index is 2.49. The minimum Gasteiger partial charge on any atom is -0.299 e. The van der Waals surface area contributed by atoms with Crippen molar-refractivity contribution in [2.24, 2.45) is 0 Å². The topological polar surface area (TPSA) is 16.1 Å². The predicted octanol–water partition coefficient (Wildman–Crippen LogP) is 1.85. The van der Waals surface area contributed by atoms with Crippen molar-refractivity contribution in [3.63, 3.8) is 0 Å². The van der Waals surface area contributed by atoms with Gasteiger partial charge in [-0.15, -0.1) is 0 Å². The molecule has 2 rings (SSSR count). The zero-order valence-electron chi connectivity index (χ0n) is 11.9. The molecule has 0 unspecified atom stereocenters. The van der Waals surface area contributed by atoms with Crippen molar-refractivity contribution in [2.75, 3.05) is 13.5 Å². The van der Waals surface area contributed by atoms with Crippen LogP contribution < -0.4 is 0 Å². The number of hydrogen-bond donors (Lipinski definition) is 0. The monoisotopic (exact) mass is 167 g/mol. The third-order valence-corrected chi connectivity index (χ3v) is 1.90. The number of hydrogen-bond acceptors (Lipinski definition) is 2. The van der Waals surface area contributed by atoms with Gasteiger partial charge in [-0.05, 0) is 38.0 Å². The van der Waals surface area contributed by atoms with Gasteiger partial charge >= 0.3 is 0 Å². The van der Waals surface area contributed by atoms with Crippen LogP contribution >= 0.6 is 0 Å². The Morgan fingerprint density at radius 3 is 3.33 bits per heavy atom. The second-order valence-corrected chi connectivity index (χ2v) is 2.71. The van der Waals surface area contributed by atoms with Crippen LogP contribution in [-0.4, -0.2) is 23.4 Å². The molecule has 2 heteroatoms. The van der Waals surface area contributed by atoms with E-state index in [-0.39, 0.29) is 6.42 Å². The third-order valence-electron chi connectivity index (χ3n) is 1.90. The highest BCUT2D eigenvalue weighted by Gasteiger charge is 2.21. The molecule has 64 valence electrons. The Morgan fingerprint density at radius 1 is 1.83 bits per heavy atom. The summed E-state index contributed by atoms with van der Waals surface area (Å²) in [5.41, 5.74) is 0.507. The van der Waals surface area contributed by atoms with E-state index in [1.54, 1.807) is 18.3 Å². The van der Waals surface area contributed by atoms with Gasteiger partial charge in [0.1, 0.15) is 0 Å². The molecule has 1 aromatic heterocycles. The van der Waals surface area contributed by atoms with E-state index in [1.165, 1.54) is 13.2 Å². The molecule has 0 spiro atoms. The van der Waals surface area contributed by atoms with E-state index in [0.29, 0.717) is 5.56 Å². The van der Waals surface area contributed by atoms with Gasteiger partial charge in [-0.1, -0.05) is 6.07 Å². The van der Waals surface area contributed by atoms with Crippen LogP contribution in [0.3, 0.4) is 0 Å². The lowest BCUT2D eigenvalue weighted by Gasteiger charge is -2.18. The average molecular weight is 167 g/mol. The van der Waals surface area contributed by atoms with E-state index in [1.807, 2.05) is 0 Å². The summed E-state index contributed by atoms with van der Waals surface area (Å²) < 4.78 is 39.4. The fourth-order valence-electron chi connectivity index (χ4n) is 1.26. The van der Waals surface area contributed by atoms with Gasteiger partial charge in [-0.25, -0.2) is 0 Å². The SMILES string of the molecule is [2H]C1([2H])C[C@@]([2H])(c2cccnc2)N(C)C1([2H])[2H]. The Labute approximate surface area is 80.3 Å². The Bertz CT molecular complexity index is 422. The lowest BCUT2D eigenvalue weighted by molar-refractivity contribution is 0.317. The fourth-order valence-corrected chi connectivity index (χ4v) is 1.26. The number of pyridine rings is 1. The number of nitrogens with zero attached hydrogens (tertiary/aromatic N) is 2. The number of likely N-dealkylation sites (tertiary alicyclic amines) is 1. The van der Waals surface area contributed by atoms with Gasteiger partial charge in [0, 0.05) is 23.9 Å². The third kappa shape index (κ3) is 1.34. The lowest BCUT2D eigenvalue weighted by atomic mass is 10.1. The summed E-state index contributed by atoms with van der Waals surface area (Å²) in [5, 5.41) is 0. The summed E-state index contributed by atoms with van der Waals surface area (Å²) in [5.74, 6) is 0. The first-order valence-corrected chi connectivity index (χ1v) is 3.86. The Hall–Kier alpha value is -0.890. The van der Waals surface area contributed by atoms with Gasteiger partial charge in [0.05, 0.1) is 1.37 Å². The largest absolute Gasteiger partial charge is 0.299 e. The maximum atomic E-state index is 8.34. The normalized spacial score (nSPS) is 45.2. The van der Waals surface area contributed by atoms with Crippen LogP contribution in [0.15, 0.2) is 24.5 Å². The average Bonchev–Trinajstić information content (AvgIpc) is 2.39. The molecule has 2 nitrogen and oxygen atoms in total. The van der Waals surface area contributed by atoms with Crippen molar-refractivity contribution < 1.29 is 6.85 Å². The molecule has 1 aromatic rings.